The highest BCUT2D eigenvalue weighted by atomic mass is 32.2. The van der Waals surface area contributed by atoms with Crippen LogP contribution in [-0.2, 0) is 6.42 Å². The zero-order valence-corrected chi connectivity index (χ0v) is 10.3. The van der Waals surface area contributed by atoms with Crippen molar-refractivity contribution in [2.24, 2.45) is 5.73 Å². The van der Waals surface area contributed by atoms with E-state index in [9.17, 15) is 0 Å². The molecule has 82 valence electrons. The van der Waals surface area contributed by atoms with E-state index in [0.717, 1.165) is 12.3 Å². The molecular formula is C13H19NS. The van der Waals surface area contributed by atoms with Gasteiger partial charge in [0.15, 0.2) is 0 Å². The van der Waals surface area contributed by atoms with Crippen LogP contribution in [-0.4, -0.2) is 17.0 Å². The van der Waals surface area contributed by atoms with E-state index in [1.165, 1.54) is 22.6 Å². The van der Waals surface area contributed by atoms with Crippen LogP contribution >= 0.6 is 11.8 Å². The van der Waals surface area contributed by atoms with Gasteiger partial charge in [-0.3, -0.25) is 0 Å². The lowest BCUT2D eigenvalue weighted by molar-refractivity contribution is 0.516. The summed E-state index contributed by atoms with van der Waals surface area (Å²) in [6.45, 7) is 4.15. The van der Waals surface area contributed by atoms with Crippen LogP contribution in [0.1, 0.15) is 30.9 Å². The number of hydrogen-bond donors (Lipinski definition) is 1. The summed E-state index contributed by atoms with van der Waals surface area (Å²) in [5, 5.41) is 0. The second-order valence-corrected chi connectivity index (χ2v) is 6.22. The van der Waals surface area contributed by atoms with Crippen molar-refractivity contribution in [3.05, 3.63) is 35.4 Å². The van der Waals surface area contributed by atoms with Crippen LogP contribution in [0.2, 0.25) is 0 Å². The smallest absolute Gasteiger partial charge is 0.0138 e. The molecule has 0 atom stereocenters. The fourth-order valence-corrected chi connectivity index (χ4v) is 2.72. The molecule has 1 nitrogen and oxygen atoms in total. The first-order valence-corrected chi connectivity index (χ1v) is 6.65. The van der Waals surface area contributed by atoms with E-state index in [1.54, 1.807) is 0 Å². The van der Waals surface area contributed by atoms with Gasteiger partial charge in [0.2, 0.25) is 0 Å². The van der Waals surface area contributed by atoms with Gasteiger partial charge in [-0.15, -0.1) is 0 Å². The van der Waals surface area contributed by atoms with Crippen molar-refractivity contribution in [3.8, 4) is 0 Å². The average molecular weight is 221 g/mol. The van der Waals surface area contributed by atoms with E-state index in [-0.39, 0.29) is 5.54 Å². The third kappa shape index (κ3) is 2.99. The summed E-state index contributed by atoms with van der Waals surface area (Å²) in [6.07, 6.45) is 0.951. The highest BCUT2D eigenvalue weighted by molar-refractivity contribution is 8.00. The Kier molecular flexibility index (Phi) is 3.08. The van der Waals surface area contributed by atoms with Crippen molar-refractivity contribution in [3.63, 3.8) is 0 Å². The molecule has 1 fully saturated rings. The Morgan fingerprint density at radius 3 is 2.27 bits per heavy atom. The normalized spacial score (nSPS) is 17.5. The lowest BCUT2D eigenvalue weighted by atomic mass is 9.94. The maximum atomic E-state index is 6.00. The molecule has 0 aromatic heterocycles. The number of rotatable bonds is 3. The van der Waals surface area contributed by atoms with Crippen LogP contribution in [0.5, 0.6) is 0 Å². The highest BCUT2D eigenvalue weighted by Gasteiger charge is 2.20. The van der Waals surface area contributed by atoms with Gasteiger partial charge in [-0.2, -0.15) is 11.8 Å². The molecule has 1 aliphatic heterocycles. The number of thioether (sulfide) groups is 1. The molecule has 0 radical (unpaired) electrons. The number of nitrogens with two attached hydrogens (primary N) is 1. The van der Waals surface area contributed by atoms with E-state index in [2.05, 4.69) is 38.1 Å². The van der Waals surface area contributed by atoms with Gasteiger partial charge in [0.05, 0.1) is 0 Å². The molecule has 0 spiro atoms. The minimum atomic E-state index is -0.103. The molecule has 1 aromatic carbocycles. The predicted octanol–water partition coefficient (Wildman–Crippen LogP) is 2.80. The standard InChI is InChI=1S/C13H19NS/c1-13(2,14)7-10-3-5-11(6-4-10)12-8-15-9-12/h3-6,12H,7-9,14H2,1-2H3. The first-order valence-electron chi connectivity index (χ1n) is 5.50. The molecule has 1 aliphatic rings. The average Bonchev–Trinajstić information content (AvgIpc) is 2.02. The molecule has 15 heavy (non-hydrogen) atoms. The molecule has 0 saturated carbocycles. The molecule has 0 unspecified atom stereocenters. The van der Waals surface area contributed by atoms with Crippen molar-refractivity contribution in [1.82, 2.24) is 0 Å². The first kappa shape index (κ1) is 11.0. The monoisotopic (exact) mass is 221 g/mol. The van der Waals surface area contributed by atoms with Crippen LogP contribution < -0.4 is 5.73 Å². The molecule has 2 rings (SSSR count). The van der Waals surface area contributed by atoms with Gasteiger partial charge in [0.25, 0.3) is 0 Å². The molecule has 2 N–H and O–H groups in total. The van der Waals surface area contributed by atoms with Crippen LogP contribution in [0, 0.1) is 0 Å². The number of benzene rings is 1. The van der Waals surface area contributed by atoms with Crippen LogP contribution in [0.15, 0.2) is 24.3 Å². The third-order valence-corrected chi connectivity index (χ3v) is 4.03. The predicted molar refractivity (Wildman–Crippen MR) is 68.5 cm³/mol. The zero-order valence-electron chi connectivity index (χ0n) is 9.49. The summed E-state index contributed by atoms with van der Waals surface area (Å²) in [7, 11) is 0. The summed E-state index contributed by atoms with van der Waals surface area (Å²) < 4.78 is 0. The Hall–Kier alpha value is -0.470. The molecule has 1 saturated heterocycles. The van der Waals surface area contributed by atoms with E-state index in [0.29, 0.717) is 0 Å². The largest absolute Gasteiger partial charge is 0.325 e. The molecule has 0 aliphatic carbocycles. The van der Waals surface area contributed by atoms with Crippen molar-refractivity contribution in [1.29, 1.82) is 0 Å². The van der Waals surface area contributed by atoms with E-state index in [4.69, 9.17) is 5.73 Å². The first-order chi connectivity index (χ1) is 7.04. The fourth-order valence-electron chi connectivity index (χ4n) is 1.86. The van der Waals surface area contributed by atoms with E-state index >= 15 is 0 Å². The van der Waals surface area contributed by atoms with Crippen molar-refractivity contribution >= 4 is 11.8 Å². The number of hydrogen-bond acceptors (Lipinski definition) is 2. The lowest BCUT2D eigenvalue weighted by Crippen LogP contribution is -2.34. The quantitative estimate of drug-likeness (QED) is 0.849. The fraction of sp³-hybridized carbons (Fsp3) is 0.538. The van der Waals surface area contributed by atoms with Gasteiger partial charge in [0, 0.05) is 23.0 Å². The van der Waals surface area contributed by atoms with Crippen LogP contribution in [0.25, 0.3) is 0 Å². The molecule has 0 bridgehead atoms. The molecule has 1 aromatic rings. The van der Waals surface area contributed by atoms with Gasteiger partial charge in [0.1, 0.15) is 0 Å². The lowest BCUT2D eigenvalue weighted by Gasteiger charge is -2.25. The second kappa shape index (κ2) is 4.18. The summed E-state index contributed by atoms with van der Waals surface area (Å²) in [4.78, 5) is 0. The van der Waals surface area contributed by atoms with Crippen molar-refractivity contribution < 1.29 is 0 Å². The summed E-state index contributed by atoms with van der Waals surface area (Å²) in [5.74, 6) is 3.39. The molecular weight excluding hydrogens is 202 g/mol. The summed E-state index contributed by atoms with van der Waals surface area (Å²) in [6, 6.07) is 9.00. The Balaban J connectivity index is 2.03. The second-order valence-electron chi connectivity index (χ2n) is 5.14. The van der Waals surface area contributed by atoms with Gasteiger partial charge in [-0.05, 0) is 31.4 Å². The van der Waals surface area contributed by atoms with E-state index < -0.39 is 0 Å². The highest BCUT2D eigenvalue weighted by Crippen LogP contribution is 2.33. The minimum absolute atomic E-state index is 0.103. The molecule has 2 heteroatoms. The zero-order chi connectivity index (χ0) is 10.9. The Labute approximate surface area is 96.4 Å². The van der Waals surface area contributed by atoms with Gasteiger partial charge < -0.3 is 5.73 Å². The SMILES string of the molecule is CC(C)(N)Cc1ccc(C2CSC2)cc1. The van der Waals surface area contributed by atoms with Gasteiger partial charge >= 0.3 is 0 Å². The van der Waals surface area contributed by atoms with Crippen LogP contribution in [0.4, 0.5) is 0 Å². The summed E-state index contributed by atoms with van der Waals surface area (Å²) >= 11 is 2.03. The Morgan fingerprint density at radius 1 is 1.27 bits per heavy atom. The van der Waals surface area contributed by atoms with Gasteiger partial charge in [-0.1, -0.05) is 24.3 Å². The Morgan fingerprint density at radius 2 is 1.87 bits per heavy atom. The molecule has 0 amide bonds. The topological polar surface area (TPSA) is 26.0 Å². The van der Waals surface area contributed by atoms with Crippen LogP contribution in [0.3, 0.4) is 0 Å². The maximum absolute atomic E-state index is 6.00. The molecule has 1 heterocycles. The Bertz CT molecular complexity index is 319. The third-order valence-electron chi connectivity index (χ3n) is 2.75. The van der Waals surface area contributed by atoms with Crippen molar-refractivity contribution in [2.45, 2.75) is 31.7 Å². The maximum Gasteiger partial charge on any atom is 0.0138 e. The van der Waals surface area contributed by atoms with E-state index in [1.807, 2.05) is 11.8 Å². The summed E-state index contributed by atoms with van der Waals surface area (Å²) in [5.41, 5.74) is 8.73. The van der Waals surface area contributed by atoms with Gasteiger partial charge in [-0.25, -0.2) is 0 Å². The minimum Gasteiger partial charge on any atom is -0.325 e. The van der Waals surface area contributed by atoms with Crippen molar-refractivity contribution in [2.75, 3.05) is 11.5 Å².